The Labute approximate surface area is 240 Å². The lowest BCUT2D eigenvalue weighted by Crippen LogP contribution is -2.48. The Bertz CT molecular complexity index is 1100. The minimum absolute atomic E-state index is 0.0735. The van der Waals surface area contributed by atoms with Crippen molar-refractivity contribution >= 4 is 42.3 Å². The van der Waals surface area contributed by atoms with Crippen LogP contribution in [0.15, 0.2) is 42.5 Å². The van der Waals surface area contributed by atoms with E-state index in [1.54, 1.807) is 0 Å². The molecule has 1 aliphatic rings. The SMILES string of the molecule is CC(C)C(=S)Nc1ccc(C[C@H]2CN(COC=O)CCN(COC=O)Cc3cccc(n3)CN2COC=O)cc1. The summed E-state index contributed by atoms with van der Waals surface area (Å²) in [5, 5.41) is 3.27. The summed E-state index contributed by atoms with van der Waals surface area (Å²) in [5.41, 5.74) is 3.62. The van der Waals surface area contributed by atoms with Crippen LogP contribution in [0.5, 0.6) is 0 Å². The molecule has 2 heterocycles. The number of anilines is 1. The number of nitrogens with zero attached hydrogens (tertiary/aromatic N) is 4. The average molecular weight is 572 g/mol. The maximum Gasteiger partial charge on any atom is 0.294 e. The molecule has 12 heteroatoms. The van der Waals surface area contributed by atoms with Crippen LogP contribution < -0.4 is 5.32 Å². The second-order valence-corrected chi connectivity index (χ2v) is 10.3. The van der Waals surface area contributed by atoms with Crippen molar-refractivity contribution in [3.05, 3.63) is 59.4 Å². The van der Waals surface area contributed by atoms with Crippen LogP contribution in [0, 0.1) is 5.92 Å². The molecule has 216 valence electrons. The smallest absolute Gasteiger partial charge is 0.294 e. The fourth-order valence-electron chi connectivity index (χ4n) is 4.39. The maximum absolute atomic E-state index is 11.2. The Hall–Kier alpha value is -3.45. The molecule has 1 aliphatic heterocycles. The van der Waals surface area contributed by atoms with Crippen molar-refractivity contribution in [2.45, 2.75) is 39.4 Å². The average Bonchev–Trinajstić information content (AvgIpc) is 2.95. The summed E-state index contributed by atoms with van der Waals surface area (Å²) in [4.78, 5) is 44.7. The van der Waals surface area contributed by atoms with Crippen LogP contribution in [-0.4, -0.2) is 90.0 Å². The molecular formula is C28H37N5O6S. The van der Waals surface area contributed by atoms with Crippen molar-refractivity contribution in [3.63, 3.8) is 0 Å². The fourth-order valence-corrected chi connectivity index (χ4v) is 4.51. The van der Waals surface area contributed by atoms with Crippen LogP contribution in [0.25, 0.3) is 0 Å². The fraction of sp³-hybridized carbons (Fsp3) is 0.464. The van der Waals surface area contributed by atoms with Gasteiger partial charge in [-0.1, -0.05) is 44.3 Å². The molecule has 1 aromatic carbocycles. The number of ether oxygens (including phenoxy) is 3. The van der Waals surface area contributed by atoms with E-state index in [0.717, 1.165) is 27.6 Å². The zero-order valence-electron chi connectivity index (χ0n) is 22.9. The number of hydrogen-bond acceptors (Lipinski definition) is 11. The van der Waals surface area contributed by atoms with Gasteiger partial charge in [0.15, 0.2) is 0 Å². The van der Waals surface area contributed by atoms with Gasteiger partial charge in [-0.15, -0.1) is 0 Å². The zero-order valence-corrected chi connectivity index (χ0v) is 23.8. The van der Waals surface area contributed by atoms with E-state index in [9.17, 15) is 14.4 Å². The topological polar surface area (TPSA) is 114 Å². The lowest BCUT2D eigenvalue weighted by Gasteiger charge is -2.36. The van der Waals surface area contributed by atoms with E-state index >= 15 is 0 Å². The lowest BCUT2D eigenvalue weighted by molar-refractivity contribution is -0.138. The highest BCUT2D eigenvalue weighted by Crippen LogP contribution is 2.18. The van der Waals surface area contributed by atoms with E-state index < -0.39 is 0 Å². The summed E-state index contributed by atoms with van der Waals surface area (Å²) in [6.45, 7) is 8.13. The Morgan fingerprint density at radius 2 is 1.52 bits per heavy atom. The van der Waals surface area contributed by atoms with Crippen LogP contribution in [0.1, 0.15) is 30.8 Å². The van der Waals surface area contributed by atoms with Crippen molar-refractivity contribution in [2.24, 2.45) is 5.92 Å². The Morgan fingerprint density at radius 3 is 2.17 bits per heavy atom. The number of nitrogens with one attached hydrogen (secondary N) is 1. The van der Waals surface area contributed by atoms with Crippen molar-refractivity contribution < 1.29 is 28.6 Å². The molecule has 3 rings (SSSR count). The third-order valence-electron chi connectivity index (χ3n) is 6.51. The van der Waals surface area contributed by atoms with Gasteiger partial charge in [0.1, 0.15) is 20.2 Å². The van der Waals surface area contributed by atoms with Crippen molar-refractivity contribution in [1.82, 2.24) is 19.7 Å². The van der Waals surface area contributed by atoms with Gasteiger partial charge >= 0.3 is 0 Å². The number of pyridine rings is 1. The summed E-state index contributed by atoms with van der Waals surface area (Å²) in [7, 11) is 0. The molecular weight excluding hydrogens is 534 g/mol. The van der Waals surface area contributed by atoms with E-state index in [1.807, 2.05) is 66.1 Å². The van der Waals surface area contributed by atoms with Gasteiger partial charge < -0.3 is 19.5 Å². The highest BCUT2D eigenvalue weighted by Gasteiger charge is 2.25. The van der Waals surface area contributed by atoms with Gasteiger partial charge in [0.25, 0.3) is 19.4 Å². The van der Waals surface area contributed by atoms with Crippen molar-refractivity contribution in [2.75, 3.05) is 45.1 Å². The number of thiocarbonyl (C=S) groups is 1. The van der Waals surface area contributed by atoms with Crippen molar-refractivity contribution in [1.29, 1.82) is 0 Å². The first-order valence-corrected chi connectivity index (χ1v) is 13.5. The number of hydrogen-bond donors (Lipinski definition) is 1. The molecule has 11 nitrogen and oxygen atoms in total. The summed E-state index contributed by atoms with van der Waals surface area (Å²) < 4.78 is 15.4. The van der Waals surface area contributed by atoms with Crippen LogP contribution in [-0.2, 0) is 48.1 Å². The Morgan fingerprint density at radius 1 is 0.925 bits per heavy atom. The van der Waals surface area contributed by atoms with Gasteiger partial charge in [-0.3, -0.25) is 34.1 Å². The summed E-state index contributed by atoms with van der Waals surface area (Å²) >= 11 is 5.42. The lowest BCUT2D eigenvalue weighted by atomic mass is 10.0. The van der Waals surface area contributed by atoms with Crippen molar-refractivity contribution in [3.8, 4) is 0 Å². The van der Waals surface area contributed by atoms with Gasteiger partial charge in [-0.25, -0.2) is 0 Å². The predicted molar refractivity (Wildman–Crippen MR) is 153 cm³/mol. The molecule has 0 aliphatic carbocycles. The molecule has 2 aromatic rings. The van der Waals surface area contributed by atoms with Gasteiger partial charge in [-0.05, 0) is 36.2 Å². The molecule has 40 heavy (non-hydrogen) atoms. The second-order valence-electron chi connectivity index (χ2n) is 9.87. The van der Waals surface area contributed by atoms with Crippen LogP contribution >= 0.6 is 12.2 Å². The number of rotatable bonds is 13. The highest BCUT2D eigenvalue weighted by atomic mass is 32.1. The Balaban J connectivity index is 1.91. The molecule has 0 fully saturated rings. The maximum atomic E-state index is 11.2. The molecule has 0 saturated heterocycles. The number of benzene rings is 1. The van der Waals surface area contributed by atoms with E-state index in [-0.39, 0.29) is 32.2 Å². The van der Waals surface area contributed by atoms with Gasteiger partial charge in [0.05, 0.1) is 16.4 Å². The molecule has 0 amide bonds. The summed E-state index contributed by atoms with van der Waals surface area (Å²) in [6, 6.07) is 13.7. The summed E-state index contributed by atoms with van der Waals surface area (Å²) in [6.07, 6.45) is 0.631. The van der Waals surface area contributed by atoms with Crippen LogP contribution in [0.3, 0.4) is 0 Å². The number of carbonyl (C=O) groups excluding carboxylic acids is 3. The van der Waals surface area contributed by atoms with Gasteiger partial charge in [0.2, 0.25) is 0 Å². The molecule has 1 N–H and O–H groups in total. The normalized spacial score (nSPS) is 17.2. The minimum atomic E-state index is -0.129. The largest absolute Gasteiger partial charge is 0.452 e. The molecule has 2 bridgehead atoms. The quantitative estimate of drug-likeness (QED) is 0.216. The molecule has 0 radical (unpaired) electrons. The van der Waals surface area contributed by atoms with Gasteiger partial charge in [0, 0.05) is 50.4 Å². The summed E-state index contributed by atoms with van der Waals surface area (Å²) in [5.74, 6) is 0.241. The number of aromatic nitrogens is 1. The number of carbonyl (C=O) groups is 3. The zero-order chi connectivity index (χ0) is 28.7. The molecule has 0 saturated carbocycles. The third-order valence-corrected chi connectivity index (χ3v) is 7.08. The molecule has 0 unspecified atom stereocenters. The molecule has 0 spiro atoms. The first-order chi connectivity index (χ1) is 19.4. The van der Waals surface area contributed by atoms with E-state index in [4.69, 9.17) is 31.4 Å². The Kier molecular flexibility index (Phi) is 12.9. The first kappa shape index (κ1) is 31.1. The number of fused-ring (bicyclic) bond motifs is 2. The predicted octanol–water partition coefficient (Wildman–Crippen LogP) is 2.40. The standard InChI is InChI=1S/C28H37N5O6S/c1-22(2)28(40)30-24-8-6-23(7-9-24)12-27-15-32(17-38-20-35)11-10-31(16-37-19-34)13-25-4-3-5-26(29-25)14-33(27)18-39-21-36/h3-9,19-22,27H,10-18H2,1-2H3,(H,30,40)/t27-/m0/s1. The van der Waals surface area contributed by atoms with Gasteiger partial charge in [-0.2, -0.15) is 0 Å². The minimum Gasteiger partial charge on any atom is -0.452 e. The van der Waals surface area contributed by atoms with E-state index in [2.05, 4.69) is 10.2 Å². The van der Waals surface area contributed by atoms with Crippen LogP contribution in [0.4, 0.5) is 5.69 Å². The highest BCUT2D eigenvalue weighted by molar-refractivity contribution is 7.80. The third kappa shape index (κ3) is 10.3. The molecule has 1 atom stereocenters. The second kappa shape index (κ2) is 16.6. The van der Waals surface area contributed by atoms with E-state index in [1.165, 1.54) is 0 Å². The van der Waals surface area contributed by atoms with E-state index in [0.29, 0.717) is 58.6 Å². The monoisotopic (exact) mass is 571 g/mol. The molecule has 1 aromatic heterocycles. The first-order valence-electron chi connectivity index (χ1n) is 13.1. The van der Waals surface area contributed by atoms with Crippen LogP contribution in [0.2, 0.25) is 0 Å².